The molecule has 0 bridgehead atoms. The quantitative estimate of drug-likeness (QED) is 0.0261. The van der Waals surface area contributed by atoms with Crippen LogP contribution < -0.4 is 0 Å². The molecule has 0 rings (SSSR count). The van der Waals surface area contributed by atoms with Crippen LogP contribution in [0.3, 0.4) is 0 Å². The van der Waals surface area contributed by atoms with E-state index in [0.29, 0.717) is 19.3 Å². The largest absolute Gasteiger partial charge is 0.462 e. The fourth-order valence-corrected chi connectivity index (χ4v) is 8.08. The molecular formula is C73H114O6. The Labute approximate surface area is 485 Å². The number of unbranched alkanes of at least 4 members (excludes halogenated alkanes) is 16. The van der Waals surface area contributed by atoms with Gasteiger partial charge in [-0.15, -0.1) is 0 Å². The molecule has 0 radical (unpaired) electrons. The zero-order valence-corrected chi connectivity index (χ0v) is 50.6. The van der Waals surface area contributed by atoms with Crippen LogP contribution in [-0.4, -0.2) is 37.2 Å². The highest BCUT2D eigenvalue weighted by Crippen LogP contribution is 2.15. The second-order valence-electron chi connectivity index (χ2n) is 20.2. The second kappa shape index (κ2) is 65.3. The smallest absolute Gasteiger partial charge is 0.306 e. The maximum Gasteiger partial charge on any atom is 0.306 e. The molecule has 0 heterocycles. The lowest BCUT2D eigenvalue weighted by Crippen LogP contribution is -2.30. The standard InChI is InChI=1S/C73H114O6/c1-4-7-10-13-16-19-22-25-28-31-33-34-35-36-37-38-40-42-45-48-51-54-57-60-63-66-72(75)78-69-70(68-77-71(74)65-62-59-56-53-50-47-44-41-30-27-24-21-18-15-12-9-6-3)79-73(76)67-64-61-58-55-52-49-46-43-39-32-29-26-23-20-17-14-11-8-5-2/h7-12,16-21,25-30,33-34,39,43-44,47,49,52-53,56,70H,4-6,13-15,22-24,31-32,35-38,40-42,45-46,48,50-51,54-55,57-69H2,1-3H3/b10-7-,11-8-,12-9-,19-16-,20-17-,21-18-,28-25-,29-26-,30-27-,34-33-,43-39-,47-44-,52-49-,56-53-. The molecule has 0 aromatic carbocycles. The van der Waals surface area contributed by atoms with Crippen molar-refractivity contribution in [3.8, 4) is 0 Å². The Morgan fingerprint density at radius 1 is 0.253 bits per heavy atom. The van der Waals surface area contributed by atoms with Gasteiger partial charge in [0.15, 0.2) is 6.10 Å². The Morgan fingerprint density at radius 2 is 0.468 bits per heavy atom. The van der Waals surface area contributed by atoms with Crippen LogP contribution in [-0.2, 0) is 28.6 Å². The van der Waals surface area contributed by atoms with E-state index in [0.717, 1.165) is 135 Å². The predicted molar refractivity (Wildman–Crippen MR) is 343 cm³/mol. The maximum atomic E-state index is 12.9. The van der Waals surface area contributed by atoms with Crippen molar-refractivity contribution in [3.63, 3.8) is 0 Å². The minimum atomic E-state index is -0.830. The molecule has 1 atom stereocenters. The van der Waals surface area contributed by atoms with Crippen molar-refractivity contribution in [3.05, 3.63) is 170 Å². The van der Waals surface area contributed by atoms with Gasteiger partial charge in [-0.05, 0) is 141 Å². The predicted octanol–water partition coefficient (Wildman–Crippen LogP) is 21.9. The molecule has 0 amide bonds. The van der Waals surface area contributed by atoms with Gasteiger partial charge in [-0.3, -0.25) is 14.4 Å². The monoisotopic (exact) mass is 1090 g/mol. The van der Waals surface area contributed by atoms with Gasteiger partial charge in [0.05, 0.1) is 0 Å². The molecule has 0 saturated carbocycles. The van der Waals surface area contributed by atoms with Gasteiger partial charge >= 0.3 is 17.9 Å². The molecule has 1 unspecified atom stereocenters. The number of hydrogen-bond donors (Lipinski definition) is 0. The van der Waals surface area contributed by atoms with E-state index in [9.17, 15) is 14.4 Å². The molecule has 6 heteroatoms. The van der Waals surface area contributed by atoms with Crippen molar-refractivity contribution in [2.24, 2.45) is 0 Å². The van der Waals surface area contributed by atoms with Gasteiger partial charge in [0.25, 0.3) is 0 Å². The van der Waals surface area contributed by atoms with E-state index in [1.807, 2.05) is 0 Å². The number of allylic oxidation sites excluding steroid dienone is 28. The zero-order chi connectivity index (χ0) is 57.1. The summed E-state index contributed by atoms with van der Waals surface area (Å²) in [5.74, 6) is -1.02. The fraction of sp³-hybridized carbons (Fsp3) is 0.575. The van der Waals surface area contributed by atoms with E-state index >= 15 is 0 Å². The molecule has 0 aliphatic heterocycles. The van der Waals surface area contributed by atoms with Crippen LogP contribution in [0.2, 0.25) is 0 Å². The Hall–Kier alpha value is -5.23. The fourth-order valence-electron chi connectivity index (χ4n) is 8.08. The number of esters is 3. The van der Waals surface area contributed by atoms with Crippen LogP contribution in [0.4, 0.5) is 0 Å². The summed E-state index contributed by atoms with van der Waals surface area (Å²) in [6.45, 7) is 6.22. The molecule has 0 aliphatic rings. The van der Waals surface area contributed by atoms with Gasteiger partial charge in [-0.25, -0.2) is 0 Å². The van der Waals surface area contributed by atoms with Crippen LogP contribution in [0.5, 0.6) is 0 Å². The molecular weight excluding hydrogens is 973 g/mol. The van der Waals surface area contributed by atoms with E-state index in [2.05, 4.69) is 191 Å². The molecule has 442 valence electrons. The van der Waals surface area contributed by atoms with Gasteiger partial charge in [0.1, 0.15) is 13.2 Å². The first-order valence-electron chi connectivity index (χ1n) is 31.6. The molecule has 0 aromatic rings. The summed E-state index contributed by atoms with van der Waals surface area (Å²) in [7, 11) is 0. The van der Waals surface area contributed by atoms with Crippen molar-refractivity contribution in [2.75, 3.05) is 13.2 Å². The summed E-state index contributed by atoms with van der Waals surface area (Å²) in [6, 6.07) is 0. The first-order valence-corrected chi connectivity index (χ1v) is 31.6. The zero-order valence-electron chi connectivity index (χ0n) is 50.6. The topological polar surface area (TPSA) is 78.9 Å². The third-order valence-electron chi connectivity index (χ3n) is 12.7. The van der Waals surface area contributed by atoms with Crippen molar-refractivity contribution in [1.29, 1.82) is 0 Å². The van der Waals surface area contributed by atoms with Gasteiger partial charge in [-0.1, -0.05) is 262 Å². The van der Waals surface area contributed by atoms with Crippen molar-refractivity contribution < 1.29 is 28.6 Å². The molecule has 6 nitrogen and oxygen atoms in total. The lowest BCUT2D eigenvalue weighted by Gasteiger charge is -2.18. The average molecular weight is 1090 g/mol. The van der Waals surface area contributed by atoms with Gasteiger partial charge in [0, 0.05) is 19.3 Å². The highest BCUT2D eigenvalue weighted by Gasteiger charge is 2.19. The van der Waals surface area contributed by atoms with E-state index in [1.54, 1.807) is 0 Å². The van der Waals surface area contributed by atoms with Crippen molar-refractivity contribution in [1.82, 2.24) is 0 Å². The molecule has 0 spiro atoms. The average Bonchev–Trinajstić information content (AvgIpc) is 3.45. The van der Waals surface area contributed by atoms with E-state index in [1.165, 1.54) is 64.2 Å². The van der Waals surface area contributed by atoms with Gasteiger partial charge in [-0.2, -0.15) is 0 Å². The maximum absolute atomic E-state index is 12.9. The summed E-state index contributed by atoms with van der Waals surface area (Å²) < 4.78 is 16.8. The number of carbonyl (C=O) groups is 3. The first-order chi connectivity index (χ1) is 39.0. The Bertz CT molecular complexity index is 1820. The SMILES string of the molecule is CC/C=C\C/C=C\C/C=C\C/C=C\C/C=C\CCCCCC(=O)OC(COC(=O)CCC/C=C\C/C=C\C/C=C\C/C=C\C/C=C\CC)COC(=O)CCCCCCCCCCCCCC/C=C\C/C=C\C/C=C\C/C=C\CC. The summed E-state index contributed by atoms with van der Waals surface area (Å²) in [5, 5.41) is 0. The lowest BCUT2D eigenvalue weighted by atomic mass is 10.0. The summed E-state index contributed by atoms with van der Waals surface area (Å²) >= 11 is 0. The van der Waals surface area contributed by atoms with Crippen molar-refractivity contribution >= 4 is 17.9 Å². The van der Waals surface area contributed by atoms with Crippen molar-refractivity contribution in [2.45, 2.75) is 258 Å². The summed E-state index contributed by atoms with van der Waals surface area (Å²) in [4.78, 5) is 38.3. The van der Waals surface area contributed by atoms with E-state index in [-0.39, 0.29) is 44.0 Å². The minimum Gasteiger partial charge on any atom is -0.462 e. The Morgan fingerprint density at radius 3 is 0.772 bits per heavy atom. The van der Waals surface area contributed by atoms with E-state index < -0.39 is 6.10 Å². The Kier molecular flexibility index (Phi) is 61.0. The number of carbonyl (C=O) groups excluding carboxylic acids is 3. The highest BCUT2D eigenvalue weighted by molar-refractivity contribution is 5.71. The normalized spacial score (nSPS) is 13.3. The first kappa shape index (κ1) is 73.8. The number of ether oxygens (including phenoxy) is 3. The van der Waals surface area contributed by atoms with Crippen LogP contribution in [0.15, 0.2) is 170 Å². The van der Waals surface area contributed by atoms with Gasteiger partial charge < -0.3 is 14.2 Å². The highest BCUT2D eigenvalue weighted by atomic mass is 16.6. The molecule has 0 fully saturated rings. The lowest BCUT2D eigenvalue weighted by molar-refractivity contribution is -0.167. The van der Waals surface area contributed by atoms with E-state index in [4.69, 9.17) is 14.2 Å². The molecule has 0 saturated heterocycles. The number of hydrogen-bond acceptors (Lipinski definition) is 6. The third-order valence-corrected chi connectivity index (χ3v) is 12.7. The summed E-state index contributed by atoms with van der Waals surface area (Å²) in [6.07, 6.45) is 96.5. The van der Waals surface area contributed by atoms with Crippen LogP contribution in [0.25, 0.3) is 0 Å². The summed E-state index contributed by atoms with van der Waals surface area (Å²) in [5.41, 5.74) is 0. The van der Waals surface area contributed by atoms with Crippen LogP contribution in [0.1, 0.15) is 252 Å². The second-order valence-corrected chi connectivity index (χ2v) is 20.2. The number of rotatable bonds is 55. The molecule has 0 aromatic heterocycles. The molecule has 0 N–H and O–H groups in total. The van der Waals surface area contributed by atoms with Gasteiger partial charge in [0.2, 0.25) is 0 Å². The minimum absolute atomic E-state index is 0.118. The van der Waals surface area contributed by atoms with Crippen LogP contribution >= 0.6 is 0 Å². The molecule has 0 aliphatic carbocycles. The van der Waals surface area contributed by atoms with Crippen LogP contribution in [0, 0.1) is 0 Å². The Balaban J connectivity index is 4.50. The molecule has 79 heavy (non-hydrogen) atoms. The third kappa shape index (κ3) is 63.5.